The molecule has 0 radical (unpaired) electrons. The second-order valence-electron chi connectivity index (χ2n) is 6.44. The Balaban J connectivity index is 1.46. The third-order valence-corrected chi connectivity index (χ3v) is 4.32. The van der Waals surface area contributed by atoms with E-state index in [9.17, 15) is 4.79 Å². The van der Waals surface area contributed by atoms with Gasteiger partial charge >= 0.3 is 0 Å². The predicted molar refractivity (Wildman–Crippen MR) is 104 cm³/mol. The molecule has 0 aliphatic carbocycles. The van der Waals surface area contributed by atoms with E-state index in [4.69, 9.17) is 9.15 Å². The van der Waals surface area contributed by atoms with Gasteiger partial charge in [-0.25, -0.2) is 0 Å². The molecule has 8 heteroatoms. The van der Waals surface area contributed by atoms with E-state index in [1.165, 1.54) is 0 Å². The van der Waals surface area contributed by atoms with E-state index >= 15 is 0 Å². The van der Waals surface area contributed by atoms with Gasteiger partial charge in [-0.3, -0.25) is 9.48 Å². The van der Waals surface area contributed by atoms with Crippen LogP contribution in [0.25, 0.3) is 11.6 Å². The van der Waals surface area contributed by atoms with E-state index in [-0.39, 0.29) is 5.91 Å². The van der Waals surface area contributed by atoms with Crippen molar-refractivity contribution in [3.8, 4) is 17.3 Å². The van der Waals surface area contributed by atoms with E-state index in [1.807, 2.05) is 48.9 Å². The predicted octanol–water partition coefficient (Wildman–Crippen LogP) is 2.56. The van der Waals surface area contributed by atoms with Gasteiger partial charge in [-0.2, -0.15) is 5.10 Å². The van der Waals surface area contributed by atoms with Crippen LogP contribution >= 0.6 is 0 Å². The van der Waals surface area contributed by atoms with E-state index < -0.39 is 0 Å². The third-order valence-electron chi connectivity index (χ3n) is 4.32. The summed E-state index contributed by atoms with van der Waals surface area (Å²) in [5.74, 6) is 1.64. The molecule has 3 rings (SSSR count). The van der Waals surface area contributed by atoms with Gasteiger partial charge in [0.25, 0.3) is 5.89 Å². The van der Waals surface area contributed by atoms with Crippen LogP contribution in [0.5, 0.6) is 5.75 Å². The molecule has 28 heavy (non-hydrogen) atoms. The lowest BCUT2D eigenvalue weighted by molar-refractivity contribution is -0.121. The quantitative estimate of drug-likeness (QED) is 0.610. The summed E-state index contributed by atoms with van der Waals surface area (Å²) in [5.41, 5.74) is 2.80. The summed E-state index contributed by atoms with van der Waals surface area (Å²) in [6.07, 6.45) is 1.44. The largest absolute Gasteiger partial charge is 0.497 e. The molecule has 0 saturated heterocycles. The number of nitrogens with one attached hydrogen (secondary N) is 1. The Kier molecular flexibility index (Phi) is 6.41. The number of carbonyl (C=O) groups is 1. The highest BCUT2D eigenvalue weighted by atomic mass is 16.5. The van der Waals surface area contributed by atoms with E-state index in [1.54, 1.807) is 7.11 Å². The zero-order chi connectivity index (χ0) is 19.9. The molecule has 0 fully saturated rings. The highest BCUT2D eigenvalue weighted by Gasteiger charge is 2.15. The molecule has 8 nitrogen and oxygen atoms in total. The summed E-state index contributed by atoms with van der Waals surface area (Å²) < 4.78 is 12.7. The number of aromatic nitrogens is 4. The Morgan fingerprint density at radius 1 is 1.25 bits per heavy atom. The summed E-state index contributed by atoms with van der Waals surface area (Å²) in [7, 11) is 1.64. The molecule has 3 aromatic rings. The first-order valence-corrected chi connectivity index (χ1v) is 9.36. The van der Waals surface area contributed by atoms with Gasteiger partial charge in [0.1, 0.15) is 11.4 Å². The minimum atomic E-state index is -0.0444. The first kappa shape index (κ1) is 19.6. The summed E-state index contributed by atoms with van der Waals surface area (Å²) in [5, 5.41) is 15.4. The number of methoxy groups -OCH3 is 1. The van der Waals surface area contributed by atoms with Gasteiger partial charge in [-0.1, -0.05) is 12.1 Å². The lowest BCUT2D eigenvalue weighted by Gasteiger charge is -2.06. The maximum absolute atomic E-state index is 12.1. The van der Waals surface area contributed by atoms with Crippen molar-refractivity contribution in [1.29, 1.82) is 0 Å². The SMILES string of the molecule is CCn1nc(C)cc1-c1nnc(CCC(=O)NCCc2cccc(OC)c2)o1. The van der Waals surface area contributed by atoms with Gasteiger partial charge in [-0.15, -0.1) is 10.2 Å². The number of rotatable bonds is 9. The van der Waals surface area contributed by atoms with Crippen molar-refractivity contribution in [2.45, 2.75) is 39.7 Å². The number of hydrogen-bond donors (Lipinski definition) is 1. The van der Waals surface area contributed by atoms with Gasteiger partial charge in [0.15, 0.2) is 0 Å². The molecule has 0 saturated carbocycles. The van der Waals surface area contributed by atoms with Gasteiger partial charge < -0.3 is 14.5 Å². The molecule has 2 aromatic heterocycles. The van der Waals surface area contributed by atoms with Crippen LogP contribution in [0, 0.1) is 6.92 Å². The molecule has 1 aromatic carbocycles. The zero-order valence-electron chi connectivity index (χ0n) is 16.4. The minimum Gasteiger partial charge on any atom is -0.497 e. The fraction of sp³-hybridized carbons (Fsp3) is 0.400. The molecule has 148 valence electrons. The first-order valence-electron chi connectivity index (χ1n) is 9.36. The second-order valence-corrected chi connectivity index (χ2v) is 6.44. The van der Waals surface area contributed by atoms with Crippen molar-refractivity contribution in [2.75, 3.05) is 13.7 Å². The molecule has 1 amide bonds. The van der Waals surface area contributed by atoms with Crippen LogP contribution in [-0.2, 0) is 24.2 Å². The number of hydrogen-bond acceptors (Lipinski definition) is 6. The fourth-order valence-corrected chi connectivity index (χ4v) is 2.90. The van der Waals surface area contributed by atoms with Crippen LogP contribution in [0.15, 0.2) is 34.7 Å². The van der Waals surface area contributed by atoms with E-state index in [0.717, 1.165) is 35.7 Å². The number of ether oxygens (including phenoxy) is 1. The monoisotopic (exact) mass is 383 g/mol. The average molecular weight is 383 g/mol. The smallest absolute Gasteiger partial charge is 0.265 e. The van der Waals surface area contributed by atoms with E-state index in [2.05, 4.69) is 20.6 Å². The molecular formula is C20H25N5O3. The molecule has 0 bridgehead atoms. The number of amides is 1. The second kappa shape index (κ2) is 9.16. The Morgan fingerprint density at radius 3 is 2.89 bits per heavy atom. The molecule has 2 heterocycles. The van der Waals surface area contributed by atoms with Crippen LogP contribution in [0.2, 0.25) is 0 Å². The van der Waals surface area contributed by atoms with Crippen LogP contribution in [0.4, 0.5) is 0 Å². The van der Waals surface area contributed by atoms with Crippen molar-refractivity contribution in [1.82, 2.24) is 25.3 Å². The Morgan fingerprint density at radius 2 is 2.11 bits per heavy atom. The van der Waals surface area contributed by atoms with Crippen molar-refractivity contribution in [3.63, 3.8) is 0 Å². The molecule has 1 N–H and O–H groups in total. The van der Waals surface area contributed by atoms with Crippen LogP contribution in [0.1, 0.15) is 30.5 Å². The molecule has 0 spiro atoms. The number of benzene rings is 1. The standard InChI is InChI=1S/C20H25N5O3/c1-4-25-17(12-14(2)24-25)20-23-22-19(28-20)9-8-18(26)21-11-10-15-6-5-7-16(13-15)27-3/h5-7,12-13H,4,8-11H2,1-3H3,(H,21,26). The fourth-order valence-electron chi connectivity index (χ4n) is 2.90. The van der Waals surface area contributed by atoms with Gasteiger partial charge in [0, 0.05) is 25.9 Å². The Labute approximate surface area is 163 Å². The zero-order valence-corrected chi connectivity index (χ0v) is 16.4. The number of aryl methyl sites for hydroxylation is 3. The Hall–Kier alpha value is -3.16. The molecule has 0 atom stereocenters. The summed E-state index contributed by atoms with van der Waals surface area (Å²) in [6.45, 7) is 5.21. The minimum absolute atomic E-state index is 0.0444. The number of carbonyl (C=O) groups excluding carboxylic acids is 1. The molecule has 0 aliphatic heterocycles. The highest BCUT2D eigenvalue weighted by molar-refractivity contribution is 5.76. The summed E-state index contributed by atoms with van der Waals surface area (Å²) >= 11 is 0. The topological polar surface area (TPSA) is 95.1 Å². The lowest BCUT2D eigenvalue weighted by atomic mass is 10.1. The summed E-state index contributed by atoms with van der Waals surface area (Å²) in [4.78, 5) is 12.1. The van der Waals surface area contributed by atoms with Crippen LogP contribution in [-0.4, -0.2) is 39.5 Å². The highest BCUT2D eigenvalue weighted by Crippen LogP contribution is 2.19. The van der Waals surface area contributed by atoms with E-state index in [0.29, 0.717) is 31.2 Å². The van der Waals surface area contributed by atoms with Crippen LogP contribution < -0.4 is 10.1 Å². The maximum atomic E-state index is 12.1. The lowest BCUT2D eigenvalue weighted by Crippen LogP contribution is -2.25. The van der Waals surface area contributed by atoms with Gasteiger partial charge in [-0.05, 0) is 44.0 Å². The Bertz CT molecular complexity index is 932. The van der Waals surface area contributed by atoms with Crippen molar-refractivity contribution in [3.05, 3.63) is 47.5 Å². The van der Waals surface area contributed by atoms with Gasteiger partial charge in [0.05, 0.1) is 12.8 Å². The van der Waals surface area contributed by atoms with Crippen molar-refractivity contribution in [2.24, 2.45) is 0 Å². The average Bonchev–Trinajstić information content (AvgIpc) is 3.32. The molecule has 0 unspecified atom stereocenters. The maximum Gasteiger partial charge on any atom is 0.265 e. The van der Waals surface area contributed by atoms with Gasteiger partial charge in [0.2, 0.25) is 11.8 Å². The van der Waals surface area contributed by atoms with Crippen molar-refractivity contribution >= 4 is 5.91 Å². The first-order chi connectivity index (χ1) is 13.6. The molecular weight excluding hydrogens is 358 g/mol. The normalized spacial score (nSPS) is 10.8. The van der Waals surface area contributed by atoms with Crippen LogP contribution in [0.3, 0.4) is 0 Å². The number of nitrogens with zero attached hydrogens (tertiary/aromatic N) is 4. The summed E-state index contributed by atoms with van der Waals surface area (Å²) in [6, 6.07) is 9.73. The third kappa shape index (κ3) is 4.97. The molecule has 0 aliphatic rings. The van der Waals surface area contributed by atoms with Crippen molar-refractivity contribution < 1.29 is 13.9 Å².